The van der Waals surface area contributed by atoms with Gasteiger partial charge in [-0.15, -0.1) is 0 Å². The van der Waals surface area contributed by atoms with Crippen molar-refractivity contribution in [3.05, 3.63) is 70.3 Å². The zero-order valence-corrected chi connectivity index (χ0v) is 14.5. The van der Waals surface area contributed by atoms with Gasteiger partial charge in [-0.05, 0) is 36.8 Å². The van der Waals surface area contributed by atoms with Crippen molar-refractivity contribution < 1.29 is 9.84 Å². The summed E-state index contributed by atoms with van der Waals surface area (Å²) in [5, 5.41) is 21.6. The molecular weight excluding hydrogens is 336 g/mol. The Morgan fingerprint density at radius 1 is 1.24 bits per heavy atom. The number of rotatable bonds is 6. The average Bonchev–Trinajstić information content (AvgIpc) is 2.96. The lowest BCUT2D eigenvalue weighted by atomic mass is 10.1. The SMILES string of the molecule is CCOc1cccc(/C=N\n2c(Cc3ccccc3)n[nH]c2=S)c1O. The van der Waals surface area contributed by atoms with Gasteiger partial charge in [0.15, 0.2) is 17.3 Å². The van der Waals surface area contributed by atoms with E-state index in [-0.39, 0.29) is 5.75 Å². The summed E-state index contributed by atoms with van der Waals surface area (Å²) in [6, 6.07) is 15.2. The molecule has 0 bridgehead atoms. The van der Waals surface area contributed by atoms with Gasteiger partial charge in [0.2, 0.25) is 4.77 Å². The van der Waals surface area contributed by atoms with Crippen molar-refractivity contribution >= 4 is 18.4 Å². The molecule has 3 rings (SSSR count). The van der Waals surface area contributed by atoms with Gasteiger partial charge in [0.05, 0.1) is 12.8 Å². The molecule has 2 aromatic carbocycles. The monoisotopic (exact) mass is 354 g/mol. The van der Waals surface area contributed by atoms with Crippen molar-refractivity contribution in [2.24, 2.45) is 5.10 Å². The molecule has 2 N–H and O–H groups in total. The summed E-state index contributed by atoms with van der Waals surface area (Å²) < 4.78 is 7.33. The zero-order chi connectivity index (χ0) is 17.6. The number of nitrogens with zero attached hydrogens (tertiary/aromatic N) is 3. The normalized spacial score (nSPS) is 11.1. The average molecular weight is 354 g/mol. The van der Waals surface area contributed by atoms with Crippen molar-refractivity contribution in [1.29, 1.82) is 0 Å². The molecule has 128 valence electrons. The number of phenolic OH excluding ortho intramolecular Hbond substituents is 1. The molecule has 6 nitrogen and oxygen atoms in total. The number of benzene rings is 2. The topological polar surface area (TPSA) is 75.4 Å². The van der Waals surface area contributed by atoms with E-state index in [1.807, 2.05) is 37.3 Å². The van der Waals surface area contributed by atoms with Crippen LogP contribution in [0.2, 0.25) is 0 Å². The molecule has 0 saturated carbocycles. The first-order chi connectivity index (χ1) is 12.2. The highest BCUT2D eigenvalue weighted by Gasteiger charge is 2.08. The van der Waals surface area contributed by atoms with Crippen molar-refractivity contribution in [3.63, 3.8) is 0 Å². The molecule has 0 saturated heterocycles. The van der Waals surface area contributed by atoms with Gasteiger partial charge in [-0.1, -0.05) is 36.4 Å². The predicted molar refractivity (Wildman–Crippen MR) is 98.9 cm³/mol. The Kier molecular flexibility index (Phi) is 5.25. The lowest BCUT2D eigenvalue weighted by Crippen LogP contribution is -2.01. The van der Waals surface area contributed by atoms with Gasteiger partial charge in [0.1, 0.15) is 0 Å². The summed E-state index contributed by atoms with van der Waals surface area (Å²) in [7, 11) is 0. The molecule has 0 aliphatic heterocycles. The van der Waals surface area contributed by atoms with Gasteiger partial charge >= 0.3 is 0 Å². The summed E-state index contributed by atoms with van der Waals surface area (Å²) in [6.07, 6.45) is 2.13. The molecule has 0 radical (unpaired) electrons. The molecule has 0 amide bonds. The molecule has 1 aromatic heterocycles. The smallest absolute Gasteiger partial charge is 0.216 e. The van der Waals surface area contributed by atoms with Crippen molar-refractivity contribution in [2.75, 3.05) is 6.61 Å². The zero-order valence-electron chi connectivity index (χ0n) is 13.7. The Labute approximate surface area is 150 Å². The van der Waals surface area contributed by atoms with E-state index < -0.39 is 0 Å². The van der Waals surface area contributed by atoms with Crippen LogP contribution in [0.25, 0.3) is 0 Å². The first kappa shape index (κ1) is 16.9. The minimum absolute atomic E-state index is 0.0488. The Morgan fingerprint density at radius 3 is 2.80 bits per heavy atom. The number of hydrogen-bond acceptors (Lipinski definition) is 5. The fourth-order valence-electron chi connectivity index (χ4n) is 2.37. The van der Waals surface area contributed by atoms with Crippen LogP contribution in [-0.2, 0) is 6.42 Å². The fraction of sp³-hybridized carbons (Fsp3) is 0.167. The van der Waals surface area contributed by atoms with Crippen LogP contribution in [0.1, 0.15) is 23.9 Å². The molecule has 0 fully saturated rings. The minimum Gasteiger partial charge on any atom is -0.504 e. The van der Waals surface area contributed by atoms with E-state index in [0.717, 1.165) is 5.56 Å². The van der Waals surface area contributed by atoms with E-state index >= 15 is 0 Å². The Hall–Kier alpha value is -2.93. The van der Waals surface area contributed by atoms with Gasteiger partial charge in [-0.2, -0.15) is 14.9 Å². The van der Waals surface area contributed by atoms with Gasteiger partial charge in [0, 0.05) is 12.0 Å². The number of aromatic hydroxyl groups is 1. The largest absolute Gasteiger partial charge is 0.504 e. The van der Waals surface area contributed by atoms with Gasteiger partial charge in [-0.3, -0.25) is 5.10 Å². The Morgan fingerprint density at radius 2 is 2.04 bits per heavy atom. The molecular formula is C18H18N4O2S. The number of hydrogen-bond donors (Lipinski definition) is 2. The third-order valence-electron chi connectivity index (χ3n) is 3.56. The molecule has 7 heteroatoms. The van der Waals surface area contributed by atoms with Crippen LogP contribution >= 0.6 is 12.2 Å². The molecule has 0 aliphatic carbocycles. The van der Waals surface area contributed by atoms with Crippen LogP contribution in [-0.4, -0.2) is 32.8 Å². The van der Waals surface area contributed by atoms with Crippen molar-refractivity contribution in [2.45, 2.75) is 13.3 Å². The van der Waals surface area contributed by atoms with Gasteiger partial charge in [0.25, 0.3) is 0 Å². The summed E-state index contributed by atoms with van der Waals surface area (Å²) >= 11 is 5.25. The van der Waals surface area contributed by atoms with Crippen molar-refractivity contribution in [1.82, 2.24) is 14.9 Å². The number of H-pyrrole nitrogens is 1. The van der Waals surface area contributed by atoms with Crippen LogP contribution in [0.5, 0.6) is 11.5 Å². The third-order valence-corrected chi connectivity index (χ3v) is 3.83. The maximum atomic E-state index is 10.2. The maximum absolute atomic E-state index is 10.2. The molecule has 0 unspecified atom stereocenters. The second-order valence-electron chi connectivity index (χ2n) is 5.29. The van der Waals surface area contributed by atoms with E-state index in [1.165, 1.54) is 6.21 Å². The lowest BCUT2D eigenvalue weighted by Gasteiger charge is -2.07. The first-order valence-electron chi connectivity index (χ1n) is 7.88. The molecule has 0 aliphatic rings. The van der Waals surface area contributed by atoms with Crippen LogP contribution < -0.4 is 4.74 Å². The number of phenols is 1. The third kappa shape index (κ3) is 3.95. The summed E-state index contributed by atoms with van der Waals surface area (Å²) in [4.78, 5) is 0. The van der Waals surface area contributed by atoms with Crippen LogP contribution in [0.15, 0.2) is 53.6 Å². The summed E-state index contributed by atoms with van der Waals surface area (Å²) in [5.41, 5.74) is 1.65. The molecule has 25 heavy (non-hydrogen) atoms. The van der Waals surface area contributed by atoms with Crippen LogP contribution in [0.3, 0.4) is 0 Å². The second kappa shape index (κ2) is 7.76. The van der Waals surface area contributed by atoms with Crippen LogP contribution in [0, 0.1) is 4.77 Å². The van der Waals surface area contributed by atoms with Crippen LogP contribution in [0.4, 0.5) is 0 Å². The van der Waals surface area contributed by atoms with Gasteiger partial charge < -0.3 is 9.84 Å². The predicted octanol–water partition coefficient (Wildman–Crippen LogP) is 3.52. The van der Waals surface area contributed by atoms with Gasteiger partial charge in [-0.25, -0.2) is 0 Å². The lowest BCUT2D eigenvalue weighted by molar-refractivity contribution is 0.318. The molecule has 3 aromatic rings. The van der Waals surface area contributed by atoms with Crippen molar-refractivity contribution in [3.8, 4) is 11.5 Å². The number of aromatic nitrogens is 3. The Balaban J connectivity index is 1.89. The van der Waals surface area contributed by atoms with E-state index in [2.05, 4.69) is 15.3 Å². The maximum Gasteiger partial charge on any atom is 0.216 e. The number of ether oxygens (including phenoxy) is 1. The van der Waals surface area contributed by atoms with E-state index in [0.29, 0.717) is 34.9 Å². The van der Waals surface area contributed by atoms with E-state index in [9.17, 15) is 5.11 Å². The summed E-state index contributed by atoms with van der Waals surface area (Å²) in [5.74, 6) is 1.16. The highest BCUT2D eigenvalue weighted by molar-refractivity contribution is 7.71. The fourth-order valence-corrected chi connectivity index (χ4v) is 2.57. The van der Waals surface area contributed by atoms with E-state index in [4.69, 9.17) is 17.0 Å². The highest BCUT2D eigenvalue weighted by Crippen LogP contribution is 2.28. The molecule has 0 spiro atoms. The molecule has 1 heterocycles. The quantitative estimate of drug-likeness (QED) is 0.525. The molecule has 0 atom stereocenters. The minimum atomic E-state index is 0.0488. The first-order valence-corrected chi connectivity index (χ1v) is 8.29. The highest BCUT2D eigenvalue weighted by atomic mass is 32.1. The number of nitrogens with one attached hydrogen (secondary N) is 1. The Bertz CT molecular complexity index is 932. The number of para-hydroxylation sites is 1. The standard InChI is InChI=1S/C18H18N4O2S/c1-2-24-15-10-6-9-14(17(15)23)12-19-22-16(20-21-18(22)25)11-13-7-4-3-5-8-13/h3-10,12,23H,2,11H2,1H3,(H,21,25)/b19-12-. The summed E-state index contributed by atoms with van der Waals surface area (Å²) in [6.45, 7) is 2.34. The number of aromatic amines is 1. The second-order valence-corrected chi connectivity index (χ2v) is 5.68. The van der Waals surface area contributed by atoms with E-state index in [1.54, 1.807) is 22.9 Å².